The molecule has 2 heterocycles. The summed E-state index contributed by atoms with van der Waals surface area (Å²) in [6.45, 7) is 1.70. The van der Waals surface area contributed by atoms with Gasteiger partial charge in [-0.3, -0.25) is 4.79 Å². The van der Waals surface area contributed by atoms with Crippen LogP contribution in [0, 0.1) is 0 Å². The molecule has 3 unspecified atom stereocenters. The van der Waals surface area contributed by atoms with Crippen LogP contribution in [-0.4, -0.2) is 69.7 Å². The number of ether oxygens (including phenoxy) is 1. The van der Waals surface area contributed by atoms with Crippen molar-refractivity contribution in [1.29, 1.82) is 0 Å². The maximum absolute atomic E-state index is 11.6. The van der Waals surface area contributed by atoms with E-state index in [-0.39, 0.29) is 18.6 Å². The summed E-state index contributed by atoms with van der Waals surface area (Å²) in [5.41, 5.74) is 0. The molecule has 0 aromatic heterocycles. The van der Waals surface area contributed by atoms with Crippen LogP contribution in [0.2, 0.25) is 0 Å². The fraction of sp³-hybridized carbons (Fsp3) is 0.917. The van der Waals surface area contributed by atoms with E-state index in [1.165, 1.54) is 6.92 Å². The van der Waals surface area contributed by atoms with Gasteiger partial charge in [0.15, 0.2) is 0 Å². The minimum absolute atomic E-state index is 0.121. The number of amides is 1. The minimum atomic E-state index is -1.16. The fourth-order valence-corrected chi connectivity index (χ4v) is 2.95. The predicted molar refractivity (Wildman–Crippen MR) is 62.8 cm³/mol. The van der Waals surface area contributed by atoms with Crippen molar-refractivity contribution in [1.82, 2.24) is 4.90 Å². The number of carbonyl (C=O) groups excluding carboxylic acids is 1. The smallest absolute Gasteiger partial charge is 0.219 e. The molecule has 0 saturated carbocycles. The van der Waals surface area contributed by atoms with Crippen molar-refractivity contribution in [2.75, 3.05) is 13.2 Å². The molecule has 0 aromatic rings. The molecule has 2 fully saturated rings. The Bertz CT molecular complexity index is 311. The second-order valence-electron chi connectivity index (χ2n) is 5.08. The van der Waals surface area contributed by atoms with Crippen molar-refractivity contribution in [3.05, 3.63) is 0 Å². The Labute approximate surface area is 106 Å². The summed E-state index contributed by atoms with van der Waals surface area (Å²) < 4.78 is 5.63. The van der Waals surface area contributed by atoms with E-state index in [4.69, 9.17) is 9.84 Å². The van der Waals surface area contributed by atoms with Crippen molar-refractivity contribution in [2.24, 2.45) is 0 Å². The van der Waals surface area contributed by atoms with Gasteiger partial charge in [0.1, 0.15) is 18.3 Å². The average molecular weight is 259 g/mol. The van der Waals surface area contributed by atoms with E-state index in [1.54, 1.807) is 4.90 Å². The highest BCUT2D eigenvalue weighted by molar-refractivity contribution is 5.73. The zero-order valence-corrected chi connectivity index (χ0v) is 10.5. The lowest BCUT2D eigenvalue weighted by molar-refractivity contribution is -0.212. The lowest BCUT2D eigenvalue weighted by Crippen LogP contribution is -2.64. The Balaban J connectivity index is 2.23. The summed E-state index contributed by atoms with van der Waals surface area (Å²) in [5.74, 6) is -0.121. The Hall–Kier alpha value is -0.690. The molecule has 0 radical (unpaired) electrons. The monoisotopic (exact) mass is 259 g/mol. The molecule has 5 atom stereocenters. The number of aliphatic hydroxyl groups is 3. The second kappa shape index (κ2) is 5.52. The Morgan fingerprint density at radius 3 is 2.67 bits per heavy atom. The number of hydrogen-bond acceptors (Lipinski definition) is 5. The van der Waals surface area contributed by atoms with Gasteiger partial charge in [0.05, 0.1) is 18.8 Å². The van der Waals surface area contributed by atoms with Crippen molar-refractivity contribution in [2.45, 2.75) is 56.6 Å². The zero-order valence-electron chi connectivity index (χ0n) is 10.5. The molecule has 18 heavy (non-hydrogen) atoms. The highest BCUT2D eigenvalue weighted by Gasteiger charge is 2.47. The summed E-state index contributed by atoms with van der Waals surface area (Å²) in [6.07, 6.45) is -0.803. The molecule has 104 valence electrons. The molecule has 0 bridgehead atoms. The van der Waals surface area contributed by atoms with Crippen LogP contribution in [0.25, 0.3) is 0 Å². The lowest BCUT2D eigenvalue weighted by Gasteiger charge is -2.45. The first kappa shape index (κ1) is 13.7. The standard InChI is InChI=1S/C12H21NO5/c1-7(15)13-5-3-2-4-8-10(13)12(17)11(16)9(6-14)18-8/h8-12,14,16-17H,2-6H2,1H3/t8-,9?,10+,11?,12?/m0/s1. The Kier molecular flexibility index (Phi) is 4.21. The van der Waals surface area contributed by atoms with Crippen LogP contribution in [0.1, 0.15) is 26.2 Å². The number of fused-ring (bicyclic) bond motifs is 1. The largest absolute Gasteiger partial charge is 0.394 e. The van der Waals surface area contributed by atoms with Crippen LogP contribution in [-0.2, 0) is 9.53 Å². The number of nitrogens with zero attached hydrogens (tertiary/aromatic N) is 1. The molecule has 6 heteroatoms. The van der Waals surface area contributed by atoms with Gasteiger partial charge < -0.3 is 25.0 Å². The van der Waals surface area contributed by atoms with Crippen molar-refractivity contribution >= 4 is 5.91 Å². The van der Waals surface area contributed by atoms with Gasteiger partial charge in [-0.25, -0.2) is 0 Å². The molecule has 6 nitrogen and oxygen atoms in total. The zero-order chi connectivity index (χ0) is 13.3. The average Bonchev–Trinajstić information content (AvgIpc) is 2.55. The summed E-state index contributed by atoms with van der Waals surface area (Å²) in [4.78, 5) is 13.2. The fourth-order valence-electron chi connectivity index (χ4n) is 2.95. The Morgan fingerprint density at radius 2 is 2.06 bits per heavy atom. The second-order valence-corrected chi connectivity index (χ2v) is 5.08. The van der Waals surface area contributed by atoms with Crippen molar-refractivity contribution in [3.63, 3.8) is 0 Å². The van der Waals surface area contributed by atoms with E-state index in [2.05, 4.69) is 0 Å². The highest BCUT2D eigenvalue weighted by Crippen LogP contribution is 2.30. The third kappa shape index (κ3) is 2.38. The van der Waals surface area contributed by atoms with Crippen LogP contribution in [0.5, 0.6) is 0 Å². The van der Waals surface area contributed by atoms with Gasteiger partial charge in [-0.15, -0.1) is 0 Å². The molecule has 0 spiro atoms. The number of carbonyl (C=O) groups is 1. The van der Waals surface area contributed by atoms with Gasteiger partial charge in [-0.05, 0) is 19.3 Å². The van der Waals surface area contributed by atoms with Gasteiger partial charge >= 0.3 is 0 Å². The van der Waals surface area contributed by atoms with Gasteiger partial charge in [-0.2, -0.15) is 0 Å². The van der Waals surface area contributed by atoms with E-state index in [9.17, 15) is 15.0 Å². The molecule has 2 aliphatic rings. The van der Waals surface area contributed by atoms with E-state index in [0.29, 0.717) is 6.54 Å². The molecule has 0 aliphatic carbocycles. The molecule has 1 amide bonds. The predicted octanol–water partition coefficient (Wildman–Crippen LogP) is -1.13. The number of aliphatic hydroxyl groups excluding tert-OH is 3. The molecule has 2 saturated heterocycles. The molecule has 0 aromatic carbocycles. The van der Waals surface area contributed by atoms with Crippen LogP contribution >= 0.6 is 0 Å². The highest BCUT2D eigenvalue weighted by atomic mass is 16.5. The van der Waals surface area contributed by atoms with Crippen LogP contribution in [0.4, 0.5) is 0 Å². The van der Waals surface area contributed by atoms with E-state index in [1.807, 2.05) is 0 Å². The first-order valence-corrected chi connectivity index (χ1v) is 6.46. The molecular formula is C12H21NO5. The molecule has 2 rings (SSSR count). The first-order valence-electron chi connectivity index (χ1n) is 6.46. The maximum atomic E-state index is 11.6. The van der Waals surface area contributed by atoms with Gasteiger partial charge in [0.2, 0.25) is 5.91 Å². The Morgan fingerprint density at radius 1 is 1.33 bits per heavy atom. The number of likely N-dealkylation sites (tertiary alicyclic amines) is 1. The normalized spacial score (nSPS) is 41.1. The summed E-state index contributed by atoms with van der Waals surface area (Å²) in [6, 6.07) is -0.511. The van der Waals surface area contributed by atoms with E-state index < -0.39 is 24.4 Å². The summed E-state index contributed by atoms with van der Waals surface area (Å²) >= 11 is 0. The molecular weight excluding hydrogens is 238 g/mol. The topological polar surface area (TPSA) is 90.2 Å². The van der Waals surface area contributed by atoms with Crippen molar-refractivity contribution in [3.8, 4) is 0 Å². The van der Waals surface area contributed by atoms with Gasteiger partial charge in [0.25, 0.3) is 0 Å². The third-order valence-electron chi connectivity index (χ3n) is 3.89. The van der Waals surface area contributed by atoms with E-state index in [0.717, 1.165) is 19.3 Å². The SMILES string of the molecule is CC(=O)N1CCCC[C@@H]2OC(CO)C(O)C(O)[C@@H]21. The van der Waals surface area contributed by atoms with Crippen molar-refractivity contribution < 1.29 is 24.9 Å². The summed E-state index contributed by atoms with van der Waals surface area (Å²) in [7, 11) is 0. The first-order chi connectivity index (χ1) is 8.56. The van der Waals surface area contributed by atoms with Crippen LogP contribution in [0.15, 0.2) is 0 Å². The number of hydrogen-bond donors (Lipinski definition) is 3. The molecule has 3 N–H and O–H groups in total. The lowest BCUT2D eigenvalue weighted by atomic mass is 9.90. The number of rotatable bonds is 1. The van der Waals surface area contributed by atoms with Gasteiger partial charge in [0, 0.05) is 13.5 Å². The third-order valence-corrected chi connectivity index (χ3v) is 3.89. The van der Waals surface area contributed by atoms with Gasteiger partial charge in [-0.1, -0.05) is 0 Å². The quantitative estimate of drug-likeness (QED) is 0.554. The van der Waals surface area contributed by atoms with E-state index >= 15 is 0 Å². The minimum Gasteiger partial charge on any atom is -0.394 e. The molecule has 2 aliphatic heterocycles. The summed E-state index contributed by atoms with van der Waals surface area (Å²) in [5, 5.41) is 29.2. The van der Waals surface area contributed by atoms with Crippen LogP contribution < -0.4 is 0 Å². The maximum Gasteiger partial charge on any atom is 0.219 e. The van der Waals surface area contributed by atoms with Crippen LogP contribution in [0.3, 0.4) is 0 Å².